The van der Waals surface area contributed by atoms with Gasteiger partial charge in [-0.3, -0.25) is 14.8 Å². The molecule has 182 valence electrons. The van der Waals surface area contributed by atoms with E-state index in [1.165, 1.54) is 11.8 Å². The molecule has 4 rings (SSSR count). The molecule has 0 saturated heterocycles. The summed E-state index contributed by atoms with van der Waals surface area (Å²) >= 11 is 0. The second kappa shape index (κ2) is 9.28. The van der Waals surface area contributed by atoms with Crippen molar-refractivity contribution in [3.05, 3.63) is 62.5 Å². The standard InChI is InChI=1S/C26H25N7O3/c1-15-24(33(34)35)16(2)32(31-15)12-18-10-17(8-9-22(18)36-3)23-20-7-5-4-6-19(20)21(11-27)25(30)26(23,13-28)14-29/h6,8-10,20-21,23,30H,4-5,7,12H2,1-3H3/t20-,21-,23-/m0/s1. The summed E-state index contributed by atoms with van der Waals surface area (Å²) in [7, 11) is 1.52. The van der Waals surface area contributed by atoms with Gasteiger partial charge < -0.3 is 10.1 Å². The first-order valence-corrected chi connectivity index (χ1v) is 11.6. The van der Waals surface area contributed by atoms with E-state index in [2.05, 4.69) is 23.3 Å². The zero-order valence-corrected chi connectivity index (χ0v) is 20.3. The van der Waals surface area contributed by atoms with Gasteiger partial charge >= 0.3 is 5.69 Å². The van der Waals surface area contributed by atoms with Crippen molar-refractivity contribution in [1.29, 1.82) is 21.2 Å². The number of allylic oxidation sites excluding steroid dienone is 2. The zero-order chi connectivity index (χ0) is 26.2. The number of hydrogen-bond donors (Lipinski definition) is 1. The van der Waals surface area contributed by atoms with Crippen LogP contribution in [-0.2, 0) is 6.54 Å². The molecule has 0 spiro atoms. The van der Waals surface area contributed by atoms with E-state index in [0.29, 0.717) is 34.7 Å². The quantitative estimate of drug-likeness (QED) is 0.372. The van der Waals surface area contributed by atoms with Crippen LogP contribution in [0.3, 0.4) is 0 Å². The monoisotopic (exact) mass is 483 g/mol. The normalized spacial score (nSPS) is 22.4. The van der Waals surface area contributed by atoms with Crippen molar-refractivity contribution in [1.82, 2.24) is 9.78 Å². The number of hydrogen-bond acceptors (Lipinski definition) is 8. The molecular formula is C26H25N7O3. The first-order chi connectivity index (χ1) is 17.2. The third kappa shape index (κ3) is 3.61. The number of methoxy groups -OCH3 is 1. The second-order valence-corrected chi connectivity index (χ2v) is 9.23. The zero-order valence-electron chi connectivity index (χ0n) is 20.3. The van der Waals surface area contributed by atoms with Crippen molar-refractivity contribution in [2.75, 3.05) is 7.11 Å². The van der Waals surface area contributed by atoms with Gasteiger partial charge in [-0.05, 0) is 62.3 Å². The van der Waals surface area contributed by atoms with E-state index in [4.69, 9.17) is 10.1 Å². The molecule has 2 aliphatic rings. The van der Waals surface area contributed by atoms with Gasteiger partial charge in [0.15, 0.2) is 5.41 Å². The van der Waals surface area contributed by atoms with Crippen molar-refractivity contribution in [3.63, 3.8) is 0 Å². The summed E-state index contributed by atoms with van der Waals surface area (Å²) in [5.41, 5.74) is 0.867. The van der Waals surface area contributed by atoms with Gasteiger partial charge in [0.25, 0.3) is 0 Å². The van der Waals surface area contributed by atoms with Crippen molar-refractivity contribution in [2.24, 2.45) is 17.3 Å². The number of nitriles is 3. The molecule has 10 nitrogen and oxygen atoms in total. The summed E-state index contributed by atoms with van der Waals surface area (Å²) in [6, 6.07) is 11.7. The molecule has 1 fully saturated rings. The minimum absolute atomic E-state index is 0.0432. The number of rotatable bonds is 5. The number of ether oxygens (including phenoxy) is 1. The lowest BCUT2D eigenvalue weighted by molar-refractivity contribution is -0.386. The van der Waals surface area contributed by atoms with Crippen molar-refractivity contribution in [2.45, 2.75) is 45.6 Å². The average molecular weight is 484 g/mol. The van der Waals surface area contributed by atoms with Crippen LogP contribution in [0, 0.1) is 80.6 Å². The molecule has 0 radical (unpaired) electrons. The Morgan fingerprint density at radius 3 is 2.61 bits per heavy atom. The Hall–Kier alpha value is -4.49. The van der Waals surface area contributed by atoms with E-state index in [9.17, 15) is 25.9 Å². The van der Waals surface area contributed by atoms with Gasteiger partial charge in [-0.2, -0.15) is 20.9 Å². The molecule has 0 bridgehead atoms. The highest BCUT2D eigenvalue weighted by molar-refractivity contribution is 6.00. The Morgan fingerprint density at radius 2 is 2.03 bits per heavy atom. The number of aromatic nitrogens is 2. The minimum Gasteiger partial charge on any atom is -0.496 e. The van der Waals surface area contributed by atoms with Crippen LogP contribution in [0.2, 0.25) is 0 Å². The Kier molecular flexibility index (Phi) is 6.35. The Morgan fingerprint density at radius 1 is 1.31 bits per heavy atom. The summed E-state index contributed by atoms with van der Waals surface area (Å²) in [5.74, 6) is -1.23. The van der Waals surface area contributed by atoms with Crippen LogP contribution in [0.4, 0.5) is 5.69 Å². The highest BCUT2D eigenvalue weighted by atomic mass is 16.6. The van der Waals surface area contributed by atoms with E-state index in [0.717, 1.165) is 18.4 Å². The van der Waals surface area contributed by atoms with Crippen LogP contribution in [0.5, 0.6) is 5.75 Å². The molecule has 10 heteroatoms. The van der Waals surface area contributed by atoms with Gasteiger partial charge in [0.2, 0.25) is 0 Å². The van der Waals surface area contributed by atoms with E-state index < -0.39 is 22.2 Å². The number of nitrogens with one attached hydrogen (secondary N) is 1. The molecule has 0 unspecified atom stereocenters. The molecule has 1 saturated carbocycles. The van der Waals surface area contributed by atoms with Gasteiger partial charge in [-0.25, -0.2) is 0 Å². The van der Waals surface area contributed by atoms with Gasteiger partial charge in [0.05, 0.1) is 42.5 Å². The van der Waals surface area contributed by atoms with Crippen LogP contribution >= 0.6 is 0 Å². The van der Waals surface area contributed by atoms with Gasteiger partial charge in [-0.15, -0.1) is 0 Å². The lowest BCUT2D eigenvalue weighted by atomic mass is 9.53. The Labute approximate surface area is 208 Å². The van der Waals surface area contributed by atoms with E-state index in [1.54, 1.807) is 26.0 Å². The fourth-order valence-electron chi connectivity index (χ4n) is 5.77. The van der Waals surface area contributed by atoms with E-state index in [-0.39, 0.29) is 23.9 Å². The van der Waals surface area contributed by atoms with E-state index in [1.807, 2.05) is 12.1 Å². The SMILES string of the molecule is COc1ccc([C@H]2[C@H]3CCCC=C3[C@H](C#N)C(=N)C2(C#N)C#N)cc1Cn1nc(C)c([N+](=O)[O-])c1C. The first kappa shape index (κ1) is 24.6. The topological polar surface area (TPSA) is 165 Å². The highest BCUT2D eigenvalue weighted by Crippen LogP contribution is 2.55. The largest absolute Gasteiger partial charge is 0.496 e. The average Bonchev–Trinajstić information content (AvgIpc) is 3.15. The Balaban J connectivity index is 1.87. The summed E-state index contributed by atoms with van der Waals surface area (Å²) in [5, 5.41) is 54.8. The number of nitrogens with zero attached hydrogens (tertiary/aromatic N) is 6. The molecule has 2 aliphatic carbocycles. The molecule has 3 atom stereocenters. The van der Waals surface area contributed by atoms with E-state index >= 15 is 0 Å². The second-order valence-electron chi connectivity index (χ2n) is 9.23. The van der Waals surface area contributed by atoms with Crippen molar-refractivity contribution >= 4 is 11.4 Å². The van der Waals surface area contributed by atoms with Crippen molar-refractivity contribution < 1.29 is 9.66 Å². The number of benzene rings is 1. The maximum Gasteiger partial charge on any atom is 0.312 e. The maximum atomic E-state index is 11.5. The van der Waals surface area contributed by atoms with Crippen LogP contribution in [0.25, 0.3) is 0 Å². The third-order valence-electron chi connectivity index (χ3n) is 7.43. The van der Waals surface area contributed by atoms with Crippen LogP contribution in [0.1, 0.15) is 47.7 Å². The summed E-state index contributed by atoms with van der Waals surface area (Å²) in [6.07, 6.45) is 4.35. The maximum absolute atomic E-state index is 11.5. The molecule has 0 aliphatic heterocycles. The smallest absolute Gasteiger partial charge is 0.312 e. The first-order valence-electron chi connectivity index (χ1n) is 11.6. The van der Waals surface area contributed by atoms with Crippen LogP contribution in [-0.4, -0.2) is 27.5 Å². The fraction of sp³-hybridized carbons (Fsp3) is 0.423. The molecule has 1 N–H and O–H groups in total. The van der Waals surface area contributed by atoms with Gasteiger partial charge in [0, 0.05) is 11.5 Å². The lowest BCUT2D eigenvalue weighted by Gasteiger charge is -2.45. The summed E-state index contributed by atoms with van der Waals surface area (Å²) in [4.78, 5) is 11.0. The summed E-state index contributed by atoms with van der Waals surface area (Å²) < 4.78 is 7.09. The van der Waals surface area contributed by atoms with Crippen LogP contribution < -0.4 is 4.74 Å². The minimum atomic E-state index is -1.79. The van der Waals surface area contributed by atoms with Crippen molar-refractivity contribution in [3.8, 4) is 24.0 Å². The van der Waals surface area contributed by atoms with Gasteiger partial charge in [0.1, 0.15) is 23.1 Å². The highest BCUT2D eigenvalue weighted by Gasteiger charge is 2.57. The number of aryl methyl sites for hydroxylation is 1. The van der Waals surface area contributed by atoms with Gasteiger partial charge in [-0.1, -0.05) is 12.1 Å². The molecule has 2 aromatic rings. The lowest BCUT2D eigenvalue weighted by Crippen LogP contribution is -2.48. The van der Waals surface area contributed by atoms with Crippen LogP contribution in [0.15, 0.2) is 29.8 Å². The Bertz CT molecular complexity index is 1400. The fourth-order valence-corrected chi connectivity index (χ4v) is 5.77. The summed E-state index contributed by atoms with van der Waals surface area (Å²) in [6.45, 7) is 3.40. The predicted molar refractivity (Wildman–Crippen MR) is 129 cm³/mol. The molecule has 1 aromatic heterocycles. The number of fused-ring (bicyclic) bond motifs is 1. The molecular weight excluding hydrogens is 458 g/mol. The third-order valence-corrected chi connectivity index (χ3v) is 7.43. The predicted octanol–water partition coefficient (Wildman–Crippen LogP) is 4.48. The molecule has 1 aromatic carbocycles. The molecule has 0 amide bonds. The number of nitro groups is 1. The molecule has 1 heterocycles. The molecule has 36 heavy (non-hydrogen) atoms.